The van der Waals surface area contributed by atoms with Gasteiger partial charge >= 0.3 is 0 Å². The summed E-state index contributed by atoms with van der Waals surface area (Å²) in [5.74, 6) is 0. The van der Waals surface area contributed by atoms with Crippen molar-refractivity contribution in [2.75, 3.05) is 6.61 Å². The number of allylic oxidation sites excluding steroid dienone is 1. The Hall–Kier alpha value is -0.340. The monoisotopic (exact) mass is 170 g/mol. The van der Waals surface area contributed by atoms with E-state index in [2.05, 4.69) is 19.1 Å². The Kier molecular flexibility index (Phi) is 4.33. The number of hydrogen-bond donors (Lipinski definition) is 0. The lowest BCUT2D eigenvalue weighted by Gasteiger charge is -2.27. The van der Waals surface area contributed by atoms with Crippen LogP contribution >= 0.6 is 0 Å². The van der Waals surface area contributed by atoms with Gasteiger partial charge in [-0.25, -0.2) is 0 Å². The van der Waals surface area contributed by atoms with Crippen LogP contribution in [0, 0.1) is 0 Å². The van der Waals surface area contributed by atoms with Crippen LogP contribution in [-0.2, 0) is 9.47 Å². The van der Waals surface area contributed by atoms with Crippen molar-refractivity contribution in [2.24, 2.45) is 0 Å². The average Bonchev–Trinajstić information content (AvgIpc) is 2.05. The van der Waals surface area contributed by atoms with Crippen molar-refractivity contribution in [1.29, 1.82) is 0 Å². The minimum absolute atomic E-state index is 0.0150. The Morgan fingerprint density at radius 1 is 1.42 bits per heavy atom. The molecule has 70 valence electrons. The molecule has 1 aliphatic rings. The molecule has 0 aromatic rings. The molecule has 0 radical (unpaired) electrons. The summed E-state index contributed by atoms with van der Waals surface area (Å²) in [5, 5.41) is 0. The molecular formula is C10H18O2. The normalized spacial score (nSPS) is 31.2. The van der Waals surface area contributed by atoms with Gasteiger partial charge in [0.15, 0.2) is 6.29 Å². The molecule has 2 atom stereocenters. The fraction of sp³-hybridized carbons (Fsp3) is 0.800. The molecule has 1 fully saturated rings. The maximum atomic E-state index is 5.56. The molecule has 0 aromatic carbocycles. The van der Waals surface area contributed by atoms with E-state index in [-0.39, 0.29) is 6.29 Å². The zero-order valence-electron chi connectivity index (χ0n) is 7.95. The Labute approximate surface area is 74.6 Å². The summed E-state index contributed by atoms with van der Waals surface area (Å²) in [6.45, 7) is 4.94. The van der Waals surface area contributed by atoms with Gasteiger partial charge in [0.25, 0.3) is 0 Å². The van der Waals surface area contributed by atoms with Crippen LogP contribution < -0.4 is 0 Å². The fourth-order valence-corrected chi connectivity index (χ4v) is 1.33. The summed E-state index contributed by atoms with van der Waals surface area (Å²) in [7, 11) is 0. The summed E-state index contributed by atoms with van der Waals surface area (Å²) >= 11 is 0. The Morgan fingerprint density at radius 3 is 2.92 bits per heavy atom. The molecule has 2 heteroatoms. The van der Waals surface area contributed by atoms with Crippen LogP contribution in [-0.4, -0.2) is 19.0 Å². The molecule has 0 saturated carbocycles. The molecule has 2 nitrogen and oxygen atoms in total. The first-order valence-corrected chi connectivity index (χ1v) is 4.75. The Morgan fingerprint density at radius 2 is 2.25 bits per heavy atom. The highest BCUT2D eigenvalue weighted by Gasteiger charge is 2.17. The maximum Gasteiger partial charge on any atom is 0.155 e. The van der Waals surface area contributed by atoms with Crippen LogP contribution in [0.2, 0.25) is 0 Å². The first-order chi connectivity index (χ1) is 5.83. The SMILES string of the molecule is CC/C=C\C[C@H]1CCO[C@@H](C)O1. The van der Waals surface area contributed by atoms with E-state index < -0.39 is 0 Å². The van der Waals surface area contributed by atoms with E-state index in [1.54, 1.807) is 0 Å². The van der Waals surface area contributed by atoms with E-state index in [4.69, 9.17) is 9.47 Å². The third-order valence-electron chi connectivity index (χ3n) is 1.98. The van der Waals surface area contributed by atoms with Crippen LogP contribution in [0.3, 0.4) is 0 Å². The lowest BCUT2D eigenvalue weighted by atomic mass is 10.1. The molecule has 0 spiro atoms. The minimum atomic E-state index is -0.0150. The summed E-state index contributed by atoms with van der Waals surface area (Å²) in [4.78, 5) is 0. The molecule has 1 heterocycles. The van der Waals surface area contributed by atoms with Crippen molar-refractivity contribution < 1.29 is 9.47 Å². The maximum absolute atomic E-state index is 5.56. The van der Waals surface area contributed by atoms with Gasteiger partial charge < -0.3 is 9.47 Å². The second kappa shape index (κ2) is 5.33. The fourth-order valence-electron chi connectivity index (χ4n) is 1.33. The highest BCUT2D eigenvalue weighted by Crippen LogP contribution is 2.15. The lowest BCUT2D eigenvalue weighted by molar-refractivity contribution is -0.201. The first-order valence-electron chi connectivity index (χ1n) is 4.75. The van der Waals surface area contributed by atoms with Crippen molar-refractivity contribution in [2.45, 2.75) is 45.5 Å². The van der Waals surface area contributed by atoms with Gasteiger partial charge in [0, 0.05) is 0 Å². The van der Waals surface area contributed by atoms with Crippen LogP contribution in [0.15, 0.2) is 12.2 Å². The van der Waals surface area contributed by atoms with Crippen LogP contribution in [0.5, 0.6) is 0 Å². The number of hydrogen-bond acceptors (Lipinski definition) is 2. The van der Waals surface area contributed by atoms with E-state index in [1.807, 2.05) is 6.92 Å². The second-order valence-electron chi connectivity index (χ2n) is 3.10. The van der Waals surface area contributed by atoms with Gasteiger partial charge in [0.1, 0.15) is 0 Å². The Bertz CT molecular complexity index is 143. The van der Waals surface area contributed by atoms with E-state index in [1.165, 1.54) is 0 Å². The molecule has 1 saturated heterocycles. The molecule has 1 aliphatic heterocycles. The summed E-state index contributed by atoms with van der Waals surface area (Å²) in [5.41, 5.74) is 0. The van der Waals surface area contributed by atoms with E-state index >= 15 is 0 Å². The van der Waals surface area contributed by atoms with Crippen molar-refractivity contribution in [1.82, 2.24) is 0 Å². The Balaban J connectivity index is 2.18. The molecular weight excluding hydrogens is 152 g/mol. The van der Waals surface area contributed by atoms with E-state index in [9.17, 15) is 0 Å². The highest BCUT2D eigenvalue weighted by atomic mass is 16.7. The standard InChI is InChI=1S/C10H18O2/c1-3-4-5-6-10-7-8-11-9(2)12-10/h4-5,9-10H,3,6-8H2,1-2H3/b5-4-/t9-,10+/m1/s1. The van der Waals surface area contributed by atoms with Crippen LogP contribution in [0.1, 0.15) is 33.1 Å². The van der Waals surface area contributed by atoms with Gasteiger partial charge in [0.2, 0.25) is 0 Å². The zero-order chi connectivity index (χ0) is 8.81. The molecule has 0 aromatic heterocycles. The predicted molar refractivity (Wildman–Crippen MR) is 49.0 cm³/mol. The van der Waals surface area contributed by atoms with E-state index in [0.29, 0.717) is 6.10 Å². The van der Waals surface area contributed by atoms with Crippen molar-refractivity contribution in [3.63, 3.8) is 0 Å². The molecule has 1 rings (SSSR count). The summed E-state index contributed by atoms with van der Waals surface area (Å²) in [6, 6.07) is 0. The molecule has 12 heavy (non-hydrogen) atoms. The summed E-state index contributed by atoms with van der Waals surface area (Å²) < 4.78 is 10.8. The first kappa shape index (κ1) is 9.75. The van der Waals surface area contributed by atoms with E-state index in [0.717, 1.165) is 25.9 Å². The van der Waals surface area contributed by atoms with Crippen molar-refractivity contribution >= 4 is 0 Å². The third-order valence-corrected chi connectivity index (χ3v) is 1.98. The molecule has 0 aliphatic carbocycles. The van der Waals surface area contributed by atoms with Crippen LogP contribution in [0.25, 0.3) is 0 Å². The largest absolute Gasteiger partial charge is 0.353 e. The van der Waals surface area contributed by atoms with Gasteiger partial charge in [-0.15, -0.1) is 0 Å². The topological polar surface area (TPSA) is 18.5 Å². The summed E-state index contributed by atoms with van der Waals surface area (Å²) in [6.07, 6.45) is 7.90. The molecule has 0 bridgehead atoms. The zero-order valence-corrected chi connectivity index (χ0v) is 7.95. The quantitative estimate of drug-likeness (QED) is 0.606. The minimum Gasteiger partial charge on any atom is -0.353 e. The van der Waals surface area contributed by atoms with Gasteiger partial charge in [-0.1, -0.05) is 19.1 Å². The average molecular weight is 170 g/mol. The van der Waals surface area contributed by atoms with Gasteiger partial charge in [-0.3, -0.25) is 0 Å². The number of rotatable bonds is 3. The van der Waals surface area contributed by atoms with Gasteiger partial charge in [0.05, 0.1) is 12.7 Å². The second-order valence-corrected chi connectivity index (χ2v) is 3.10. The lowest BCUT2D eigenvalue weighted by Crippen LogP contribution is -2.29. The van der Waals surface area contributed by atoms with Crippen molar-refractivity contribution in [3.05, 3.63) is 12.2 Å². The van der Waals surface area contributed by atoms with Crippen molar-refractivity contribution in [3.8, 4) is 0 Å². The third kappa shape index (κ3) is 3.37. The highest BCUT2D eigenvalue weighted by molar-refractivity contribution is 4.84. The smallest absolute Gasteiger partial charge is 0.155 e. The van der Waals surface area contributed by atoms with Crippen LogP contribution in [0.4, 0.5) is 0 Å². The number of ether oxygens (including phenoxy) is 2. The molecule has 0 amide bonds. The molecule has 0 N–H and O–H groups in total. The van der Waals surface area contributed by atoms with Gasteiger partial charge in [-0.2, -0.15) is 0 Å². The molecule has 0 unspecified atom stereocenters. The van der Waals surface area contributed by atoms with Gasteiger partial charge in [-0.05, 0) is 26.2 Å². The predicted octanol–water partition coefficient (Wildman–Crippen LogP) is 2.49.